The number of ketones is 1. The summed E-state index contributed by atoms with van der Waals surface area (Å²) in [5.74, 6) is 0.324. The Balaban J connectivity index is 2.20. The molecule has 1 aliphatic rings. The highest BCUT2D eigenvalue weighted by Gasteiger charge is 2.20. The number of likely N-dealkylation sites (tertiary alicyclic amines) is 1. The molecule has 1 rings (SSSR count). The average Bonchev–Trinajstić information content (AvgIpc) is 2.31. The first kappa shape index (κ1) is 8.72. The second-order valence-electron chi connectivity index (χ2n) is 3.52. The van der Waals surface area contributed by atoms with Crippen molar-refractivity contribution in [3.8, 4) is 0 Å². The summed E-state index contributed by atoms with van der Waals surface area (Å²) in [7, 11) is 2.15. The molecule has 1 atom stereocenters. The molecule has 0 aromatic heterocycles. The van der Waals surface area contributed by atoms with Crippen molar-refractivity contribution in [2.24, 2.45) is 0 Å². The fourth-order valence-electron chi connectivity index (χ4n) is 1.71. The maximum Gasteiger partial charge on any atom is 0.129 e. The van der Waals surface area contributed by atoms with E-state index in [0.29, 0.717) is 11.8 Å². The smallest absolute Gasteiger partial charge is 0.129 e. The van der Waals surface area contributed by atoms with Crippen molar-refractivity contribution in [2.45, 2.75) is 38.6 Å². The molecule has 0 amide bonds. The van der Waals surface area contributed by atoms with Gasteiger partial charge in [0.25, 0.3) is 0 Å². The summed E-state index contributed by atoms with van der Waals surface area (Å²) >= 11 is 0. The molecule has 1 heterocycles. The van der Waals surface area contributed by atoms with Crippen LogP contribution < -0.4 is 0 Å². The second-order valence-corrected chi connectivity index (χ2v) is 3.52. The van der Waals surface area contributed by atoms with E-state index in [1.54, 1.807) is 6.92 Å². The molecule has 0 saturated carbocycles. The van der Waals surface area contributed by atoms with E-state index >= 15 is 0 Å². The van der Waals surface area contributed by atoms with Crippen LogP contribution in [0.1, 0.15) is 32.6 Å². The highest BCUT2D eigenvalue weighted by molar-refractivity contribution is 5.75. The number of hydrogen-bond donors (Lipinski definition) is 0. The van der Waals surface area contributed by atoms with Gasteiger partial charge in [0.15, 0.2) is 0 Å². The Hall–Kier alpha value is -0.370. The average molecular weight is 155 g/mol. The van der Waals surface area contributed by atoms with Crippen LogP contribution in [-0.2, 0) is 4.79 Å². The normalized spacial score (nSPS) is 25.8. The van der Waals surface area contributed by atoms with Crippen LogP contribution in [-0.4, -0.2) is 30.3 Å². The second kappa shape index (κ2) is 3.86. The largest absolute Gasteiger partial charge is 0.303 e. The van der Waals surface area contributed by atoms with Gasteiger partial charge < -0.3 is 9.69 Å². The SMILES string of the molecule is CC(=O)CCC1CCCN1C. The molecule has 0 N–H and O–H groups in total. The van der Waals surface area contributed by atoms with Crippen molar-refractivity contribution >= 4 is 5.78 Å². The van der Waals surface area contributed by atoms with Gasteiger partial charge in [0.2, 0.25) is 0 Å². The third kappa shape index (κ3) is 2.62. The third-order valence-corrected chi connectivity index (χ3v) is 2.50. The Kier molecular flexibility index (Phi) is 3.06. The monoisotopic (exact) mass is 155 g/mol. The highest BCUT2D eigenvalue weighted by Crippen LogP contribution is 2.18. The molecule has 11 heavy (non-hydrogen) atoms. The minimum Gasteiger partial charge on any atom is -0.303 e. The molecule has 64 valence electrons. The van der Waals surface area contributed by atoms with Crippen molar-refractivity contribution in [3.05, 3.63) is 0 Å². The number of carbonyl (C=O) groups excluding carboxylic acids is 1. The van der Waals surface area contributed by atoms with Gasteiger partial charge in [-0.2, -0.15) is 0 Å². The van der Waals surface area contributed by atoms with Gasteiger partial charge in [0.1, 0.15) is 5.78 Å². The summed E-state index contributed by atoms with van der Waals surface area (Å²) in [6.07, 6.45) is 4.41. The summed E-state index contributed by atoms with van der Waals surface area (Å²) in [6.45, 7) is 2.89. The predicted octanol–water partition coefficient (Wildman–Crippen LogP) is 1.45. The molecule has 1 fully saturated rings. The number of nitrogens with zero attached hydrogens (tertiary/aromatic N) is 1. The van der Waals surface area contributed by atoms with E-state index in [9.17, 15) is 4.79 Å². The Morgan fingerprint density at radius 1 is 1.64 bits per heavy atom. The van der Waals surface area contributed by atoms with E-state index in [1.807, 2.05) is 0 Å². The number of Topliss-reactive ketones (excluding diaryl/α,β-unsaturated/α-hetero) is 1. The summed E-state index contributed by atoms with van der Waals surface area (Å²) in [6, 6.07) is 0.680. The zero-order chi connectivity index (χ0) is 8.27. The molecule has 0 aromatic carbocycles. The molecule has 0 radical (unpaired) electrons. The van der Waals surface area contributed by atoms with Crippen molar-refractivity contribution in [3.63, 3.8) is 0 Å². The van der Waals surface area contributed by atoms with E-state index < -0.39 is 0 Å². The Morgan fingerprint density at radius 2 is 2.36 bits per heavy atom. The number of hydrogen-bond acceptors (Lipinski definition) is 2. The van der Waals surface area contributed by atoms with Gasteiger partial charge in [0, 0.05) is 12.5 Å². The lowest BCUT2D eigenvalue weighted by atomic mass is 10.1. The fourth-order valence-corrected chi connectivity index (χ4v) is 1.71. The summed E-state index contributed by atoms with van der Waals surface area (Å²) in [5, 5.41) is 0. The van der Waals surface area contributed by atoms with Crippen molar-refractivity contribution < 1.29 is 4.79 Å². The van der Waals surface area contributed by atoms with Crippen LogP contribution in [0.4, 0.5) is 0 Å². The van der Waals surface area contributed by atoms with E-state index in [1.165, 1.54) is 19.4 Å². The molecule has 0 bridgehead atoms. The van der Waals surface area contributed by atoms with Crippen LogP contribution in [0.3, 0.4) is 0 Å². The van der Waals surface area contributed by atoms with E-state index in [4.69, 9.17) is 0 Å². The molecule has 0 aromatic rings. The van der Waals surface area contributed by atoms with Gasteiger partial charge in [0.05, 0.1) is 0 Å². The van der Waals surface area contributed by atoms with Crippen LogP contribution in [0.25, 0.3) is 0 Å². The molecule has 0 aliphatic carbocycles. The minimum absolute atomic E-state index is 0.324. The number of carbonyl (C=O) groups is 1. The molecule has 2 heteroatoms. The summed E-state index contributed by atoms with van der Waals surface area (Å²) in [4.78, 5) is 13.1. The summed E-state index contributed by atoms with van der Waals surface area (Å²) < 4.78 is 0. The van der Waals surface area contributed by atoms with Crippen molar-refractivity contribution in [2.75, 3.05) is 13.6 Å². The van der Waals surface area contributed by atoms with Crippen LogP contribution >= 0.6 is 0 Å². The highest BCUT2D eigenvalue weighted by atomic mass is 16.1. The first-order valence-electron chi connectivity index (χ1n) is 4.40. The molecular weight excluding hydrogens is 138 g/mol. The first-order valence-corrected chi connectivity index (χ1v) is 4.40. The molecular formula is C9H17NO. The van der Waals surface area contributed by atoms with Crippen molar-refractivity contribution in [1.29, 1.82) is 0 Å². The maximum atomic E-state index is 10.7. The van der Waals surface area contributed by atoms with Crippen LogP contribution in [0.15, 0.2) is 0 Å². The quantitative estimate of drug-likeness (QED) is 0.615. The standard InChI is InChI=1S/C9H17NO/c1-8(11)5-6-9-4-3-7-10(9)2/h9H,3-7H2,1-2H3. The van der Waals surface area contributed by atoms with E-state index in [-0.39, 0.29) is 0 Å². The van der Waals surface area contributed by atoms with Gasteiger partial charge in [-0.1, -0.05) is 0 Å². The Morgan fingerprint density at radius 3 is 2.82 bits per heavy atom. The lowest BCUT2D eigenvalue weighted by Crippen LogP contribution is -2.25. The fraction of sp³-hybridized carbons (Fsp3) is 0.889. The number of rotatable bonds is 3. The van der Waals surface area contributed by atoms with Gasteiger partial charge in [-0.25, -0.2) is 0 Å². The minimum atomic E-state index is 0.324. The van der Waals surface area contributed by atoms with Crippen molar-refractivity contribution in [1.82, 2.24) is 4.90 Å². The first-order chi connectivity index (χ1) is 5.20. The third-order valence-electron chi connectivity index (χ3n) is 2.50. The lowest BCUT2D eigenvalue weighted by molar-refractivity contribution is -0.117. The van der Waals surface area contributed by atoms with Crippen LogP contribution in [0.5, 0.6) is 0 Å². The molecule has 1 aliphatic heterocycles. The van der Waals surface area contributed by atoms with E-state index in [2.05, 4.69) is 11.9 Å². The maximum absolute atomic E-state index is 10.7. The van der Waals surface area contributed by atoms with E-state index in [0.717, 1.165) is 12.8 Å². The topological polar surface area (TPSA) is 20.3 Å². The molecule has 2 nitrogen and oxygen atoms in total. The van der Waals surface area contributed by atoms with Gasteiger partial charge in [-0.3, -0.25) is 0 Å². The molecule has 0 spiro atoms. The predicted molar refractivity (Wildman–Crippen MR) is 45.6 cm³/mol. The van der Waals surface area contributed by atoms with Gasteiger partial charge >= 0.3 is 0 Å². The zero-order valence-electron chi connectivity index (χ0n) is 7.47. The lowest BCUT2D eigenvalue weighted by Gasteiger charge is -2.18. The van der Waals surface area contributed by atoms with Gasteiger partial charge in [-0.15, -0.1) is 0 Å². The summed E-state index contributed by atoms with van der Waals surface area (Å²) in [5.41, 5.74) is 0. The Labute approximate surface area is 68.6 Å². The van der Waals surface area contributed by atoms with Gasteiger partial charge in [-0.05, 0) is 39.8 Å². The molecule has 1 unspecified atom stereocenters. The van der Waals surface area contributed by atoms with Crippen LogP contribution in [0.2, 0.25) is 0 Å². The van der Waals surface area contributed by atoms with Crippen LogP contribution in [0, 0.1) is 0 Å². The molecule has 1 saturated heterocycles. The zero-order valence-corrected chi connectivity index (χ0v) is 7.47. The Bertz CT molecular complexity index is 144.